The van der Waals surface area contributed by atoms with Crippen LogP contribution in [0, 0.1) is 11.2 Å². The lowest BCUT2D eigenvalue weighted by molar-refractivity contribution is 0.0764. The molecule has 0 saturated heterocycles. The van der Waals surface area contributed by atoms with Crippen molar-refractivity contribution in [3.63, 3.8) is 0 Å². The highest BCUT2D eigenvalue weighted by atomic mass is 79.9. The summed E-state index contributed by atoms with van der Waals surface area (Å²) in [4.78, 5) is 14.2. The van der Waals surface area contributed by atoms with Gasteiger partial charge in [0.15, 0.2) is 0 Å². The first-order chi connectivity index (χ1) is 9.29. The van der Waals surface area contributed by atoms with Gasteiger partial charge in [0.05, 0.1) is 5.56 Å². The zero-order valence-electron chi connectivity index (χ0n) is 12.0. The van der Waals surface area contributed by atoms with Crippen molar-refractivity contribution in [3.8, 4) is 0 Å². The molecule has 1 aliphatic rings. The second-order valence-electron chi connectivity index (χ2n) is 6.10. The molecule has 0 unspecified atom stereocenters. The van der Waals surface area contributed by atoms with Crippen LogP contribution in [0.4, 0.5) is 4.39 Å². The fourth-order valence-corrected chi connectivity index (χ4v) is 2.89. The topological polar surface area (TPSA) is 20.3 Å². The summed E-state index contributed by atoms with van der Waals surface area (Å²) in [7, 11) is 0. The Labute approximate surface area is 127 Å². The number of benzene rings is 1. The van der Waals surface area contributed by atoms with Crippen LogP contribution in [0.15, 0.2) is 34.3 Å². The standard InChI is InChI=1S/C16H19BrFNO/c1-16(2,3)11-6-8-19(9-7-11)15(20)13-5-4-12(18)10-14(13)17/h4-6,10H,7-9H2,1-3H3. The van der Waals surface area contributed by atoms with Crippen LogP contribution >= 0.6 is 15.9 Å². The Morgan fingerprint density at radius 1 is 1.35 bits per heavy atom. The van der Waals surface area contributed by atoms with Gasteiger partial charge in [0.2, 0.25) is 0 Å². The van der Waals surface area contributed by atoms with E-state index in [-0.39, 0.29) is 17.1 Å². The van der Waals surface area contributed by atoms with Crippen LogP contribution in [0.5, 0.6) is 0 Å². The van der Waals surface area contributed by atoms with Gasteiger partial charge < -0.3 is 4.90 Å². The van der Waals surface area contributed by atoms with Crippen molar-refractivity contribution in [1.29, 1.82) is 0 Å². The predicted molar refractivity (Wildman–Crippen MR) is 82.2 cm³/mol. The Morgan fingerprint density at radius 3 is 2.55 bits per heavy atom. The monoisotopic (exact) mass is 339 g/mol. The third kappa shape index (κ3) is 3.29. The quantitative estimate of drug-likeness (QED) is 0.694. The molecule has 108 valence electrons. The summed E-state index contributed by atoms with van der Waals surface area (Å²) in [5.74, 6) is -0.400. The molecule has 0 spiro atoms. The number of hydrogen-bond acceptors (Lipinski definition) is 1. The maximum absolute atomic E-state index is 13.1. The average Bonchev–Trinajstić information content (AvgIpc) is 2.37. The average molecular weight is 340 g/mol. The number of carbonyl (C=O) groups excluding carboxylic acids is 1. The van der Waals surface area contributed by atoms with E-state index in [9.17, 15) is 9.18 Å². The predicted octanol–water partition coefficient (Wildman–Crippen LogP) is 4.41. The maximum Gasteiger partial charge on any atom is 0.255 e. The Kier molecular flexibility index (Phi) is 4.33. The van der Waals surface area contributed by atoms with Gasteiger partial charge in [-0.25, -0.2) is 4.39 Å². The van der Waals surface area contributed by atoms with Gasteiger partial charge >= 0.3 is 0 Å². The Bertz CT molecular complexity index is 560. The normalized spacial score (nSPS) is 16.1. The van der Waals surface area contributed by atoms with Gasteiger partial charge in [-0.1, -0.05) is 32.4 Å². The molecule has 4 heteroatoms. The molecule has 1 aliphatic heterocycles. The highest BCUT2D eigenvalue weighted by molar-refractivity contribution is 9.10. The first-order valence-corrected chi connectivity index (χ1v) is 7.52. The Balaban J connectivity index is 2.14. The minimum atomic E-state index is -0.345. The lowest BCUT2D eigenvalue weighted by Crippen LogP contribution is -2.36. The molecule has 0 fully saturated rings. The lowest BCUT2D eigenvalue weighted by Gasteiger charge is -2.32. The molecule has 0 atom stereocenters. The van der Waals surface area contributed by atoms with Crippen LogP contribution in [0.25, 0.3) is 0 Å². The van der Waals surface area contributed by atoms with E-state index >= 15 is 0 Å². The van der Waals surface area contributed by atoms with Crippen molar-refractivity contribution in [3.05, 3.63) is 45.7 Å². The number of halogens is 2. The third-order valence-corrected chi connectivity index (χ3v) is 4.28. The third-order valence-electron chi connectivity index (χ3n) is 3.62. The summed E-state index contributed by atoms with van der Waals surface area (Å²) in [5, 5.41) is 0. The highest BCUT2D eigenvalue weighted by Crippen LogP contribution is 2.30. The fourth-order valence-electron chi connectivity index (χ4n) is 2.37. The largest absolute Gasteiger partial charge is 0.335 e. The summed E-state index contributed by atoms with van der Waals surface area (Å²) >= 11 is 3.26. The van der Waals surface area contributed by atoms with Gasteiger partial charge in [0.1, 0.15) is 5.82 Å². The van der Waals surface area contributed by atoms with Crippen LogP contribution < -0.4 is 0 Å². The summed E-state index contributed by atoms with van der Waals surface area (Å²) in [5.41, 5.74) is 2.06. The molecule has 0 bridgehead atoms. The van der Waals surface area contributed by atoms with Crippen molar-refractivity contribution in [2.75, 3.05) is 13.1 Å². The summed E-state index contributed by atoms with van der Waals surface area (Å²) < 4.78 is 13.6. The van der Waals surface area contributed by atoms with Gasteiger partial charge in [0, 0.05) is 17.6 Å². The van der Waals surface area contributed by atoms with Crippen LogP contribution in [-0.4, -0.2) is 23.9 Å². The number of rotatable bonds is 1. The summed E-state index contributed by atoms with van der Waals surface area (Å²) in [6, 6.07) is 4.18. The maximum atomic E-state index is 13.1. The van der Waals surface area contributed by atoms with Gasteiger partial charge in [-0.15, -0.1) is 0 Å². The van der Waals surface area contributed by atoms with Gasteiger partial charge in [0.25, 0.3) is 5.91 Å². The summed E-state index contributed by atoms with van der Waals surface area (Å²) in [6.45, 7) is 7.90. The molecule has 1 heterocycles. The molecule has 0 aliphatic carbocycles. The molecule has 1 aromatic carbocycles. The van der Waals surface area contributed by atoms with Crippen LogP contribution in [-0.2, 0) is 0 Å². The minimum absolute atomic E-state index is 0.0546. The molecule has 1 aromatic rings. The molecular formula is C16H19BrFNO. The zero-order valence-corrected chi connectivity index (χ0v) is 13.6. The smallest absolute Gasteiger partial charge is 0.255 e. The first-order valence-electron chi connectivity index (χ1n) is 6.73. The zero-order chi connectivity index (χ0) is 14.9. The Hall–Kier alpha value is -1.16. The number of nitrogens with zero attached hydrogens (tertiary/aromatic N) is 1. The van der Waals surface area contributed by atoms with Crippen LogP contribution in [0.2, 0.25) is 0 Å². The number of carbonyl (C=O) groups is 1. The second kappa shape index (κ2) is 5.68. The summed E-state index contributed by atoms with van der Waals surface area (Å²) in [6.07, 6.45) is 3.03. The second-order valence-corrected chi connectivity index (χ2v) is 6.96. The first kappa shape index (κ1) is 15.2. The van der Waals surface area contributed by atoms with Crippen molar-refractivity contribution >= 4 is 21.8 Å². The van der Waals surface area contributed by atoms with E-state index in [0.717, 1.165) is 6.42 Å². The molecule has 20 heavy (non-hydrogen) atoms. The molecule has 2 nitrogen and oxygen atoms in total. The van der Waals surface area contributed by atoms with Crippen LogP contribution in [0.1, 0.15) is 37.6 Å². The van der Waals surface area contributed by atoms with Crippen molar-refractivity contribution in [1.82, 2.24) is 4.90 Å². The lowest BCUT2D eigenvalue weighted by atomic mass is 9.83. The van der Waals surface area contributed by atoms with E-state index < -0.39 is 0 Å². The Morgan fingerprint density at radius 2 is 2.05 bits per heavy atom. The number of amides is 1. The van der Waals surface area contributed by atoms with E-state index in [2.05, 4.69) is 42.8 Å². The van der Waals surface area contributed by atoms with Gasteiger partial charge in [-0.2, -0.15) is 0 Å². The van der Waals surface area contributed by atoms with E-state index in [1.165, 1.54) is 23.8 Å². The van der Waals surface area contributed by atoms with E-state index in [1.807, 2.05) is 0 Å². The fraction of sp³-hybridized carbons (Fsp3) is 0.438. The SMILES string of the molecule is CC(C)(C)C1=CCN(C(=O)c2ccc(F)cc2Br)CC1. The highest BCUT2D eigenvalue weighted by Gasteiger charge is 2.25. The van der Waals surface area contributed by atoms with Crippen molar-refractivity contribution in [2.45, 2.75) is 27.2 Å². The van der Waals surface area contributed by atoms with Gasteiger partial charge in [-0.3, -0.25) is 4.79 Å². The van der Waals surface area contributed by atoms with Crippen LogP contribution in [0.3, 0.4) is 0 Å². The number of hydrogen-bond donors (Lipinski definition) is 0. The molecule has 1 amide bonds. The minimum Gasteiger partial charge on any atom is -0.335 e. The molecule has 0 aromatic heterocycles. The van der Waals surface area contributed by atoms with E-state index in [4.69, 9.17) is 0 Å². The molecule has 2 rings (SSSR count). The molecule has 0 saturated carbocycles. The molecule has 0 N–H and O–H groups in total. The van der Waals surface area contributed by atoms with Gasteiger partial charge in [-0.05, 0) is 46.0 Å². The van der Waals surface area contributed by atoms with E-state index in [0.29, 0.717) is 23.1 Å². The van der Waals surface area contributed by atoms with Crippen molar-refractivity contribution < 1.29 is 9.18 Å². The van der Waals surface area contributed by atoms with Crippen molar-refractivity contribution in [2.24, 2.45) is 5.41 Å². The molecular weight excluding hydrogens is 321 g/mol. The molecule has 0 radical (unpaired) electrons. The van der Waals surface area contributed by atoms with E-state index in [1.54, 1.807) is 4.90 Å².